The van der Waals surface area contributed by atoms with Gasteiger partial charge in [0.2, 0.25) is 0 Å². The highest BCUT2D eigenvalue weighted by atomic mass is 16.5. The number of hydrogen-bond donors (Lipinski definition) is 1. The largest absolute Gasteiger partial charge is 0.489 e. The van der Waals surface area contributed by atoms with Gasteiger partial charge in [-0.15, -0.1) is 0 Å². The van der Waals surface area contributed by atoms with E-state index >= 15 is 0 Å². The van der Waals surface area contributed by atoms with Gasteiger partial charge in [0.1, 0.15) is 5.75 Å². The molecule has 0 radical (unpaired) electrons. The third-order valence-electron chi connectivity index (χ3n) is 2.35. The molecule has 0 saturated heterocycles. The van der Waals surface area contributed by atoms with Gasteiger partial charge < -0.3 is 10.5 Å². The van der Waals surface area contributed by atoms with Crippen molar-refractivity contribution in [1.82, 2.24) is 4.98 Å². The molecular weight excluding hydrogens is 176 g/mol. The molecule has 2 rings (SSSR count). The van der Waals surface area contributed by atoms with Gasteiger partial charge in [0.05, 0.1) is 17.5 Å². The summed E-state index contributed by atoms with van der Waals surface area (Å²) in [6.07, 6.45) is 3.70. The van der Waals surface area contributed by atoms with E-state index in [0.29, 0.717) is 12.6 Å². The zero-order chi connectivity index (χ0) is 9.97. The molecule has 76 valence electrons. The number of rotatable bonds is 4. The van der Waals surface area contributed by atoms with Gasteiger partial charge in [-0.05, 0) is 31.4 Å². The van der Waals surface area contributed by atoms with Crippen molar-refractivity contribution in [3.8, 4) is 5.75 Å². The van der Waals surface area contributed by atoms with Crippen molar-refractivity contribution in [1.29, 1.82) is 0 Å². The third-order valence-corrected chi connectivity index (χ3v) is 2.35. The predicted molar refractivity (Wildman–Crippen MR) is 55.2 cm³/mol. The van der Waals surface area contributed by atoms with Crippen LogP contribution in [0.15, 0.2) is 12.1 Å². The van der Waals surface area contributed by atoms with Gasteiger partial charge in [-0.3, -0.25) is 4.98 Å². The summed E-state index contributed by atoms with van der Waals surface area (Å²) in [4.78, 5) is 4.44. The summed E-state index contributed by atoms with van der Waals surface area (Å²) < 4.78 is 5.74. The molecular formula is C11H16N2O. The molecule has 2 N–H and O–H groups in total. The highest BCUT2D eigenvalue weighted by Crippen LogP contribution is 2.28. The molecule has 3 nitrogen and oxygen atoms in total. The molecule has 0 amide bonds. The average Bonchev–Trinajstić information content (AvgIpc) is 3.02. The van der Waals surface area contributed by atoms with Crippen LogP contribution in [0.3, 0.4) is 0 Å². The SMILES string of the molecule is CCc1nc(CN)ccc1OC1CC1. The molecule has 1 aromatic rings. The van der Waals surface area contributed by atoms with Crippen LogP contribution in [0, 0.1) is 0 Å². The Morgan fingerprint density at radius 2 is 2.29 bits per heavy atom. The molecule has 0 spiro atoms. The van der Waals surface area contributed by atoms with Crippen LogP contribution >= 0.6 is 0 Å². The van der Waals surface area contributed by atoms with Crippen LogP contribution < -0.4 is 10.5 Å². The lowest BCUT2D eigenvalue weighted by molar-refractivity contribution is 0.298. The fourth-order valence-electron chi connectivity index (χ4n) is 1.37. The average molecular weight is 192 g/mol. The Kier molecular flexibility index (Phi) is 2.68. The molecule has 14 heavy (non-hydrogen) atoms. The maximum absolute atomic E-state index is 5.74. The number of aromatic nitrogens is 1. The van der Waals surface area contributed by atoms with Crippen LogP contribution in [0.5, 0.6) is 5.75 Å². The molecule has 3 heteroatoms. The van der Waals surface area contributed by atoms with Gasteiger partial charge >= 0.3 is 0 Å². The van der Waals surface area contributed by atoms with Crippen LogP contribution in [0.2, 0.25) is 0 Å². The summed E-state index contributed by atoms with van der Waals surface area (Å²) in [6.45, 7) is 2.58. The van der Waals surface area contributed by atoms with Crippen molar-refractivity contribution >= 4 is 0 Å². The Morgan fingerprint density at radius 3 is 2.86 bits per heavy atom. The Morgan fingerprint density at radius 1 is 1.50 bits per heavy atom. The molecule has 1 fully saturated rings. The maximum atomic E-state index is 5.74. The van der Waals surface area contributed by atoms with Gasteiger partial charge in [-0.1, -0.05) is 6.92 Å². The van der Waals surface area contributed by atoms with Crippen molar-refractivity contribution in [2.24, 2.45) is 5.73 Å². The first-order valence-corrected chi connectivity index (χ1v) is 5.19. The lowest BCUT2D eigenvalue weighted by atomic mass is 10.2. The summed E-state index contributed by atoms with van der Waals surface area (Å²) in [6, 6.07) is 3.93. The van der Waals surface area contributed by atoms with E-state index in [1.807, 2.05) is 12.1 Å². The molecule has 1 aliphatic carbocycles. The van der Waals surface area contributed by atoms with E-state index in [1.54, 1.807) is 0 Å². The number of ether oxygens (including phenoxy) is 1. The predicted octanol–water partition coefficient (Wildman–Crippen LogP) is 1.64. The van der Waals surface area contributed by atoms with Crippen molar-refractivity contribution in [2.45, 2.75) is 38.8 Å². The lowest BCUT2D eigenvalue weighted by Gasteiger charge is -2.09. The molecule has 1 saturated carbocycles. The second-order valence-electron chi connectivity index (χ2n) is 3.62. The maximum Gasteiger partial charge on any atom is 0.141 e. The number of hydrogen-bond acceptors (Lipinski definition) is 3. The second kappa shape index (κ2) is 3.96. The highest BCUT2D eigenvalue weighted by molar-refractivity contribution is 5.30. The number of nitrogens with zero attached hydrogens (tertiary/aromatic N) is 1. The van der Waals surface area contributed by atoms with E-state index in [9.17, 15) is 0 Å². The highest BCUT2D eigenvalue weighted by Gasteiger charge is 2.24. The standard InChI is InChI=1S/C11H16N2O/c1-2-10-11(14-9-4-5-9)6-3-8(7-12)13-10/h3,6,9H,2,4-5,7,12H2,1H3. The molecule has 1 aromatic heterocycles. The van der Waals surface area contributed by atoms with E-state index in [0.717, 1.165) is 23.6 Å². The Labute approximate surface area is 84.3 Å². The first-order valence-electron chi connectivity index (χ1n) is 5.19. The van der Waals surface area contributed by atoms with Gasteiger partial charge in [-0.25, -0.2) is 0 Å². The Balaban J connectivity index is 2.19. The zero-order valence-electron chi connectivity index (χ0n) is 8.49. The van der Waals surface area contributed by atoms with E-state index in [1.165, 1.54) is 12.8 Å². The smallest absolute Gasteiger partial charge is 0.141 e. The summed E-state index contributed by atoms with van der Waals surface area (Å²) >= 11 is 0. The van der Waals surface area contributed by atoms with Crippen molar-refractivity contribution in [2.75, 3.05) is 0 Å². The van der Waals surface area contributed by atoms with Gasteiger partial charge in [-0.2, -0.15) is 0 Å². The van der Waals surface area contributed by atoms with Crippen molar-refractivity contribution < 1.29 is 4.74 Å². The quantitative estimate of drug-likeness (QED) is 0.789. The van der Waals surface area contributed by atoms with Crippen LogP contribution in [0.4, 0.5) is 0 Å². The molecule has 0 aromatic carbocycles. The number of nitrogens with two attached hydrogens (primary N) is 1. The first-order chi connectivity index (χ1) is 6.83. The molecule has 0 atom stereocenters. The summed E-state index contributed by atoms with van der Waals surface area (Å²) in [7, 11) is 0. The minimum absolute atomic E-state index is 0.436. The normalized spacial score (nSPS) is 15.6. The van der Waals surface area contributed by atoms with Crippen molar-refractivity contribution in [3.05, 3.63) is 23.5 Å². The number of aryl methyl sites for hydroxylation is 1. The molecule has 1 aliphatic rings. The van der Waals surface area contributed by atoms with E-state index < -0.39 is 0 Å². The van der Waals surface area contributed by atoms with Crippen LogP contribution in [0.25, 0.3) is 0 Å². The summed E-state index contributed by atoms with van der Waals surface area (Å²) in [5, 5.41) is 0. The minimum Gasteiger partial charge on any atom is -0.489 e. The Bertz CT molecular complexity index is 321. The van der Waals surface area contributed by atoms with E-state index in [4.69, 9.17) is 10.5 Å². The molecule has 1 heterocycles. The summed E-state index contributed by atoms with van der Waals surface area (Å²) in [5.74, 6) is 0.937. The van der Waals surface area contributed by atoms with Gasteiger partial charge in [0.15, 0.2) is 0 Å². The van der Waals surface area contributed by atoms with Crippen LogP contribution in [0.1, 0.15) is 31.2 Å². The topological polar surface area (TPSA) is 48.1 Å². The molecule has 0 bridgehead atoms. The fourth-order valence-corrected chi connectivity index (χ4v) is 1.37. The van der Waals surface area contributed by atoms with E-state index in [-0.39, 0.29) is 0 Å². The zero-order valence-corrected chi connectivity index (χ0v) is 8.49. The number of pyridine rings is 1. The van der Waals surface area contributed by atoms with Crippen LogP contribution in [-0.2, 0) is 13.0 Å². The van der Waals surface area contributed by atoms with E-state index in [2.05, 4.69) is 11.9 Å². The molecule has 0 unspecified atom stereocenters. The second-order valence-corrected chi connectivity index (χ2v) is 3.62. The lowest BCUT2D eigenvalue weighted by Crippen LogP contribution is -2.05. The van der Waals surface area contributed by atoms with Gasteiger partial charge in [0.25, 0.3) is 0 Å². The van der Waals surface area contributed by atoms with Gasteiger partial charge in [0, 0.05) is 6.54 Å². The monoisotopic (exact) mass is 192 g/mol. The van der Waals surface area contributed by atoms with Crippen LogP contribution in [-0.4, -0.2) is 11.1 Å². The Hall–Kier alpha value is -1.09. The molecule has 0 aliphatic heterocycles. The minimum atomic E-state index is 0.436. The first kappa shape index (κ1) is 9.46. The van der Waals surface area contributed by atoms with Crippen molar-refractivity contribution in [3.63, 3.8) is 0 Å². The summed E-state index contributed by atoms with van der Waals surface area (Å²) in [5.41, 5.74) is 7.50. The third kappa shape index (κ3) is 2.04. The fraction of sp³-hybridized carbons (Fsp3) is 0.545.